The summed E-state index contributed by atoms with van der Waals surface area (Å²) < 4.78 is 4.92. The Bertz CT molecular complexity index is 615. The molecule has 1 aromatic rings. The van der Waals surface area contributed by atoms with Crippen molar-refractivity contribution in [3.05, 3.63) is 35.4 Å². The molecule has 1 atom stereocenters. The molecule has 6 nitrogen and oxygen atoms in total. The van der Waals surface area contributed by atoms with Crippen molar-refractivity contribution in [1.82, 2.24) is 14.7 Å². The third-order valence-electron chi connectivity index (χ3n) is 4.86. The molecule has 2 amide bonds. The first-order chi connectivity index (χ1) is 12.0. The first kappa shape index (κ1) is 17.7. The highest BCUT2D eigenvalue weighted by Gasteiger charge is 2.31. The van der Waals surface area contributed by atoms with Gasteiger partial charge in [-0.2, -0.15) is 0 Å². The molecule has 2 aliphatic rings. The molecule has 0 spiro atoms. The Morgan fingerprint density at radius 3 is 2.60 bits per heavy atom. The summed E-state index contributed by atoms with van der Waals surface area (Å²) in [5, 5.41) is 0. The number of amides is 2. The molecule has 0 N–H and O–H groups in total. The van der Waals surface area contributed by atoms with Crippen molar-refractivity contribution in [2.75, 3.05) is 40.3 Å². The van der Waals surface area contributed by atoms with E-state index in [1.165, 1.54) is 16.0 Å². The molecule has 2 heterocycles. The minimum atomic E-state index is -0.380. The van der Waals surface area contributed by atoms with Crippen LogP contribution in [0.25, 0.3) is 0 Å². The summed E-state index contributed by atoms with van der Waals surface area (Å²) in [6, 6.07) is 8.67. The van der Waals surface area contributed by atoms with Gasteiger partial charge in [0.2, 0.25) is 5.91 Å². The van der Waals surface area contributed by atoms with E-state index in [1.54, 1.807) is 0 Å². The topological polar surface area (TPSA) is 53.1 Å². The number of benzene rings is 1. The number of hydrogen-bond donors (Lipinski definition) is 0. The number of hydrogen-bond acceptors (Lipinski definition) is 4. The van der Waals surface area contributed by atoms with Crippen LogP contribution in [0.1, 0.15) is 36.4 Å². The molecule has 2 aliphatic heterocycles. The van der Waals surface area contributed by atoms with Gasteiger partial charge in [0, 0.05) is 13.1 Å². The third-order valence-corrected chi connectivity index (χ3v) is 4.86. The van der Waals surface area contributed by atoms with Gasteiger partial charge in [-0.05, 0) is 44.5 Å². The van der Waals surface area contributed by atoms with Crippen molar-refractivity contribution in [2.24, 2.45) is 0 Å². The SMILES string of the molecule is CN(C)Cc1ccc([C@H]2CCCCN2C(=O)CN2CCOC2=O)cc1. The normalized spacial score (nSPS) is 20.9. The summed E-state index contributed by atoms with van der Waals surface area (Å²) in [4.78, 5) is 29.9. The molecule has 0 aliphatic carbocycles. The lowest BCUT2D eigenvalue weighted by Gasteiger charge is -2.37. The predicted molar refractivity (Wildman–Crippen MR) is 95.1 cm³/mol. The second-order valence-corrected chi connectivity index (χ2v) is 7.11. The summed E-state index contributed by atoms with van der Waals surface area (Å²) in [6.45, 7) is 2.66. The molecule has 0 radical (unpaired) electrons. The largest absolute Gasteiger partial charge is 0.448 e. The number of carbonyl (C=O) groups is 2. The van der Waals surface area contributed by atoms with Gasteiger partial charge in [0.05, 0.1) is 12.6 Å². The first-order valence-electron chi connectivity index (χ1n) is 8.99. The number of cyclic esters (lactones) is 1. The number of piperidine rings is 1. The molecule has 6 heteroatoms. The van der Waals surface area contributed by atoms with Gasteiger partial charge < -0.3 is 14.5 Å². The molecule has 0 bridgehead atoms. The smallest absolute Gasteiger partial charge is 0.410 e. The van der Waals surface area contributed by atoms with Crippen molar-refractivity contribution in [3.63, 3.8) is 0 Å². The van der Waals surface area contributed by atoms with Crippen molar-refractivity contribution >= 4 is 12.0 Å². The highest BCUT2D eigenvalue weighted by Crippen LogP contribution is 2.31. The fourth-order valence-electron chi connectivity index (χ4n) is 3.61. The second kappa shape index (κ2) is 7.87. The summed E-state index contributed by atoms with van der Waals surface area (Å²) in [7, 11) is 4.11. The van der Waals surface area contributed by atoms with Crippen molar-refractivity contribution in [3.8, 4) is 0 Å². The molecule has 1 aromatic carbocycles. The lowest BCUT2D eigenvalue weighted by atomic mass is 9.94. The van der Waals surface area contributed by atoms with Crippen LogP contribution < -0.4 is 0 Å². The van der Waals surface area contributed by atoms with Gasteiger partial charge in [-0.1, -0.05) is 24.3 Å². The Balaban J connectivity index is 1.69. The molecule has 0 aromatic heterocycles. The molecule has 25 heavy (non-hydrogen) atoms. The lowest BCUT2D eigenvalue weighted by Crippen LogP contribution is -2.44. The third kappa shape index (κ3) is 4.31. The minimum Gasteiger partial charge on any atom is -0.448 e. The fraction of sp³-hybridized carbons (Fsp3) is 0.579. The summed E-state index contributed by atoms with van der Waals surface area (Å²) >= 11 is 0. The van der Waals surface area contributed by atoms with Crippen LogP contribution in [0.3, 0.4) is 0 Å². The highest BCUT2D eigenvalue weighted by molar-refractivity contribution is 5.83. The maximum absolute atomic E-state index is 12.8. The number of ether oxygens (including phenoxy) is 1. The number of likely N-dealkylation sites (tertiary alicyclic amines) is 1. The van der Waals surface area contributed by atoms with Gasteiger partial charge in [-0.25, -0.2) is 4.79 Å². The van der Waals surface area contributed by atoms with E-state index in [4.69, 9.17) is 4.74 Å². The van der Waals surface area contributed by atoms with Crippen molar-refractivity contribution in [1.29, 1.82) is 0 Å². The second-order valence-electron chi connectivity index (χ2n) is 7.11. The molecular weight excluding hydrogens is 318 g/mol. The van der Waals surface area contributed by atoms with Crippen LogP contribution in [-0.2, 0) is 16.1 Å². The standard InChI is InChI=1S/C19H27N3O3/c1-20(2)13-15-6-8-16(9-7-15)17-5-3-4-10-22(17)18(23)14-21-11-12-25-19(21)24/h6-9,17H,3-5,10-14H2,1-2H3/t17-/m1/s1. The fourth-order valence-corrected chi connectivity index (χ4v) is 3.61. The molecule has 2 fully saturated rings. The molecule has 136 valence electrons. The Morgan fingerprint density at radius 2 is 1.96 bits per heavy atom. The maximum Gasteiger partial charge on any atom is 0.410 e. The van der Waals surface area contributed by atoms with Gasteiger partial charge in [-0.15, -0.1) is 0 Å². The van der Waals surface area contributed by atoms with E-state index < -0.39 is 0 Å². The van der Waals surface area contributed by atoms with Crippen LogP contribution in [0, 0.1) is 0 Å². The monoisotopic (exact) mass is 345 g/mol. The number of nitrogens with zero attached hydrogens (tertiary/aromatic N) is 3. The Morgan fingerprint density at radius 1 is 1.20 bits per heavy atom. The van der Waals surface area contributed by atoms with E-state index in [0.29, 0.717) is 13.2 Å². The highest BCUT2D eigenvalue weighted by atomic mass is 16.6. The van der Waals surface area contributed by atoms with Gasteiger partial charge >= 0.3 is 6.09 Å². The Labute approximate surface area is 149 Å². The van der Waals surface area contributed by atoms with E-state index in [0.717, 1.165) is 32.4 Å². The van der Waals surface area contributed by atoms with Crippen LogP contribution in [-0.4, -0.2) is 67.0 Å². The van der Waals surface area contributed by atoms with Crippen LogP contribution in [0.2, 0.25) is 0 Å². The first-order valence-corrected chi connectivity index (χ1v) is 8.99. The average Bonchev–Trinajstić information content (AvgIpc) is 3.00. The molecular formula is C19H27N3O3. The van der Waals surface area contributed by atoms with Gasteiger partial charge in [0.15, 0.2) is 0 Å². The zero-order chi connectivity index (χ0) is 17.8. The van der Waals surface area contributed by atoms with Gasteiger partial charge in [0.1, 0.15) is 13.2 Å². The van der Waals surface area contributed by atoms with Crippen molar-refractivity contribution < 1.29 is 14.3 Å². The van der Waals surface area contributed by atoms with Crippen molar-refractivity contribution in [2.45, 2.75) is 31.8 Å². The maximum atomic E-state index is 12.8. The quantitative estimate of drug-likeness (QED) is 0.821. The summed E-state index contributed by atoms with van der Waals surface area (Å²) in [5.41, 5.74) is 2.45. The Hall–Kier alpha value is -2.08. The minimum absolute atomic E-state index is 0.0147. The molecule has 0 unspecified atom stereocenters. The zero-order valence-corrected chi connectivity index (χ0v) is 15.1. The van der Waals surface area contributed by atoms with E-state index in [1.807, 2.05) is 4.90 Å². The van der Waals surface area contributed by atoms with Crippen LogP contribution in [0.5, 0.6) is 0 Å². The number of rotatable bonds is 5. The molecule has 3 rings (SSSR count). The number of carbonyl (C=O) groups excluding carboxylic acids is 2. The predicted octanol–water partition coefficient (Wildman–Crippen LogP) is 2.25. The average molecular weight is 345 g/mol. The molecule has 2 saturated heterocycles. The van der Waals surface area contributed by atoms with Crippen LogP contribution >= 0.6 is 0 Å². The van der Waals surface area contributed by atoms with Crippen LogP contribution in [0.4, 0.5) is 4.79 Å². The summed E-state index contributed by atoms with van der Waals surface area (Å²) in [5.74, 6) is 0.0147. The van der Waals surface area contributed by atoms with E-state index in [-0.39, 0.29) is 24.6 Å². The van der Waals surface area contributed by atoms with Gasteiger partial charge in [0.25, 0.3) is 0 Å². The lowest BCUT2D eigenvalue weighted by molar-refractivity contribution is -0.135. The van der Waals surface area contributed by atoms with E-state index in [9.17, 15) is 9.59 Å². The molecule has 0 saturated carbocycles. The zero-order valence-electron chi connectivity index (χ0n) is 15.1. The summed E-state index contributed by atoms with van der Waals surface area (Å²) in [6.07, 6.45) is 2.74. The van der Waals surface area contributed by atoms with E-state index in [2.05, 4.69) is 43.3 Å². The van der Waals surface area contributed by atoms with Gasteiger partial charge in [-0.3, -0.25) is 9.69 Å². The Kier molecular flexibility index (Phi) is 5.58. The van der Waals surface area contributed by atoms with Crippen LogP contribution in [0.15, 0.2) is 24.3 Å². The van der Waals surface area contributed by atoms with E-state index >= 15 is 0 Å².